The molecule has 0 heterocycles. The van der Waals surface area contributed by atoms with Crippen LogP contribution in [-0.2, 0) is 11.8 Å². The Morgan fingerprint density at radius 3 is 2.17 bits per heavy atom. The smallest absolute Gasteiger partial charge is 0.251 e. The lowest BCUT2D eigenvalue weighted by atomic mass is 9.69. The fourth-order valence-electron chi connectivity index (χ4n) is 4.91. The Morgan fingerprint density at radius 2 is 1.62 bits per heavy atom. The maximum absolute atomic E-state index is 12.9. The summed E-state index contributed by atoms with van der Waals surface area (Å²) in [7, 11) is 8.16. The number of hydrogen-bond acceptors (Lipinski definition) is 8. The molecule has 0 aromatic heterocycles. The van der Waals surface area contributed by atoms with Gasteiger partial charge in [-0.3, -0.25) is 4.79 Å². The van der Waals surface area contributed by atoms with Gasteiger partial charge in [-0.15, -0.1) is 0 Å². The van der Waals surface area contributed by atoms with Gasteiger partial charge >= 0.3 is 0 Å². The Bertz CT molecular complexity index is 1160. The lowest BCUT2D eigenvalue weighted by Gasteiger charge is -2.34. The summed E-state index contributed by atoms with van der Waals surface area (Å²) in [5.74, 6) is 1.95. The van der Waals surface area contributed by atoms with Crippen molar-refractivity contribution in [2.45, 2.75) is 51.6 Å². The van der Waals surface area contributed by atoms with Crippen molar-refractivity contribution in [1.29, 1.82) is 5.26 Å². The topological polar surface area (TPSA) is 113 Å². The van der Waals surface area contributed by atoms with Crippen molar-refractivity contribution in [3.63, 3.8) is 0 Å². The molecule has 0 saturated carbocycles. The van der Waals surface area contributed by atoms with Crippen molar-refractivity contribution in [1.82, 2.24) is 10.2 Å². The Morgan fingerprint density at radius 1 is 1.02 bits per heavy atom. The first-order valence-electron chi connectivity index (χ1n) is 13.6. The summed E-state index contributed by atoms with van der Waals surface area (Å²) in [5.41, 5.74) is 1.22. The molecule has 0 aliphatic rings. The quantitative estimate of drug-likeness (QED) is 0.317. The predicted octanol–water partition coefficient (Wildman–Crippen LogP) is 4.20. The van der Waals surface area contributed by atoms with Gasteiger partial charge in [-0.2, -0.15) is 5.26 Å². The molecule has 2 N–H and O–H groups in total. The van der Waals surface area contributed by atoms with Gasteiger partial charge < -0.3 is 34.3 Å². The third-order valence-electron chi connectivity index (χ3n) is 7.32. The molecule has 9 heteroatoms. The molecule has 0 radical (unpaired) electrons. The van der Waals surface area contributed by atoms with Crippen LogP contribution in [0.3, 0.4) is 0 Å². The summed E-state index contributed by atoms with van der Waals surface area (Å²) < 4.78 is 21.7. The third-order valence-corrected chi connectivity index (χ3v) is 7.32. The van der Waals surface area contributed by atoms with E-state index in [1.165, 1.54) is 0 Å². The third kappa shape index (κ3) is 7.80. The van der Waals surface area contributed by atoms with Gasteiger partial charge in [0.05, 0.1) is 46.0 Å². The van der Waals surface area contributed by atoms with E-state index in [1.54, 1.807) is 40.6 Å². The molecule has 2 aromatic carbocycles. The maximum atomic E-state index is 12.9. The largest absolute Gasteiger partial charge is 0.493 e. The lowest BCUT2D eigenvalue weighted by Crippen LogP contribution is -2.39. The van der Waals surface area contributed by atoms with Crippen molar-refractivity contribution in [3.8, 4) is 29.1 Å². The highest BCUT2D eigenvalue weighted by molar-refractivity contribution is 5.96. The van der Waals surface area contributed by atoms with Crippen LogP contribution in [0.1, 0.15) is 55.1 Å². The number of aliphatic hydroxyl groups excluding tert-OH is 1. The Kier molecular flexibility index (Phi) is 12.6. The number of carbonyl (C=O) groups is 1. The summed E-state index contributed by atoms with van der Waals surface area (Å²) in [6.07, 6.45) is 0.876. The van der Waals surface area contributed by atoms with E-state index in [2.05, 4.69) is 11.4 Å². The predicted molar refractivity (Wildman–Crippen MR) is 156 cm³/mol. The molecular formula is C31H45N3O6. The molecule has 1 amide bonds. The highest BCUT2D eigenvalue weighted by Gasteiger charge is 2.39. The number of likely N-dealkylation sites (N-methyl/N-ethyl adjacent to an activating group) is 1. The SMILES string of the molecule is CCCNC(=O)c1cc(OC)c(OC)cc1CCN(C)CC(O)CC(C#N)(c1ccc(OC)c(OC)c1)C(C)C. The number of aliphatic hydroxyl groups is 1. The average Bonchev–Trinajstić information content (AvgIpc) is 2.96. The van der Waals surface area contributed by atoms with Gasteiger partial charge in [0.15, 0.2) is 23.0 Å². The van der Waals surface area contributed by atoms with Gasteiger partial charge in [0.2, 0.25) is 0 Å². The fourth-order valence-corrected chi connectivity index (χ4v) is 4.91. The Balaban J connectivity index is 2.21. The second kappa shape index (κ2) is 15.3. The Hall–Kier alpha value is -3.48. The van der Waals surface area contributed by atoms with E-state index in [9.17, 15) is 15.2 Å². The average molecular weight is 556 g/mol. The van der Waals surface area contributed by atoms with Gasteiger partial charge in [-0.1, -0.05) is 26.8 Å². The van der Waals surface area contributed by atoms with Crippen LogP contribution in [0.5, 0.6) is 23.0 Å². The first-order valence-corrected chi connectivity index (χ1v) is 13.6. The van der Waals surface area contributed by atoms with Crippen LogP contribution in [0, 0.1) is 17.2 Å². The zero-order valence-electron chi connectivity index (χ0n) is 25.2. The molecule has 0 spiro atoms. The summed E-state index contributed by atoms with van der Waals surface area (Å²) in [4.78, 5) is 14.9. The number of carbonyl (C=O) groups excluding carboxylic acids is 1. The number of methoxy groups -OCH3 is 4. The van der Waals surface area contributed by atoms with Crippen molar-refractivity contribution in [2.24, 2.45) is 5.92 Å². The number of hydrogen-bond donors (Lipinski definition) is 2. The van der Waals surface area contributed by atoms with Crippen molar-refractivity contribution < 1.29 is 28.8 Å². The van der Waals surface area contributed by atoms with Crippen molar-refractivity contribution in [2.75, 3.05) is 55.1 Å². The van der Waals surface area contributed by atoms with Crippen molar-refractivity contribution >= 4 is 5.91 Å². The summed E-state index contributed by atoms with van der Waals surface area (Å²) in [5, 5.41) is 24.5. The molecule has 2 rings (SSSR count). The maximum Gasteiger partial charge on any atom is 0.251 e. The molecule has 0 aliphatic carbocycles. The molecular weight excluding hydrogens is 510 g/mol. The van der Waals surface area contributed by atoms with E-state index < -0.39 is 11.5 Å². The zero-order valence-corrected chi connectivity index (χ0v) is 25.2. The molecule has 220 valence electrons. The minimum Gasteiger partial charge on any atom is -0.493 e. The van der Waals surface area contributed by atoms with Crippen LogP contribution in [0.25, 0.3) is 0 Å². The number of rotatable bonds is 16. The molecule has 2 aromatic rings. The zero-order chi connectivity index (χ0) is 29.9. The van der Waals surface area contributed by atoms with E-state index >= 15 is 0 Å². The molecule has 0 bridgehead atoms. The first-order chi connectivity index (χ1) is 19.1. The fraction of sp³-hybridized carbons (Fsp3) is 0.548. The van der Waals surface area contributed by atoms with E-state index in [-0.39, 0.29) is 18.2 Å². The van der Waals surface area contributed by atoms with Crippen LogP contribution in [-0.4, -0.2) is 77.1 Å². The second-order valence-electron chi connectivity index (χ2n) is 10.3. The van der Waals surface area contributed by atoms with E-state index in [1.807, 2.05) is 50.9 Å². The number of ether oxygens (including phenoxy) is 4. The van der Waals surface area contributed by atoms with E-state index in [0.717, 1.165) is 17.5 Å². The van der Waals surface area contributed by atoms with Crippen LogP contribution in [0.4, 0.5) is 0 Å². The minimum atomic E-state index is -0.923. The lowest BCUT2D eigenvalue weighted by molar-refractivity contribution is 0.0924. The normalized spacial score (nSPS) is 13.3. The number of amides is 1. The van der Waals surface area contributed by atoms with Crippen molar-refractivity contribution in [3.05, 3.63) is 47.0 Å². The molecule has 9 nitrogen and oxygen atoms in total. The summed E-state index contributed by atoms with van der Waals surface area (Å²) in [6.45, 7) is 7.49. The van der Waals surface area contributed by atoms with Gasteiger partial charge in [0.25, 0.3) is 5.91 Å². The van der Waals surface area contributed by atoms with E-state index in [4.69, 9.17) is 18.9 Å². The number of nitrogens with zero attached hydrogens (tertiary/aromatic N) is 2. The highest BCUT2D eigenvalue weighted by atomic mass is 16.5. The molecule has 0 aliphatic heterocycles. The molecule has 0 fully saturated rings. The van der Waals surface area contributed by atoms with E-state index in [0.29, 0.717) is 54.6 Å². The highest BCUT2D eigenvalue weighted by Crippen LogP contribution is 2.40. The second-order valence-corrected chi connectivity index (χ2v) is 10.3. The summed E-state index contributed by atoms with van der Waals surface area (Å²) in [6, 6.07) is 11.5. The standard InChI is InChI=1S/C31H45N3O6/c1-9-13-33-30(36)25-17-29(40-8)27(38-6)15-22(25)12-14-34(4)19-24(35)18-31(20-32,21(2)3)23-10-11-26(37-5)28(16-23)39-7/h10-11,15-17,21,24,35H,9,12-14,18-19H2,1-8H3,(H,33,36). The molecule has 0 saturated heterocycles. The monoisotopic (exact) mass is 555 g/mol. The van der Waals surface area contributed by atoms with Crippen LogP contribution in [0.15, 0.2) is 30.3 Å². The number of nitrogens with one attached hydrogen (secondary N) is 1. The van der Waals surface area contributed by atoms with Gasteiger partial charge in [-0.25, -0.2) is 0 Å². The molecule has 2 atom stereocenters. The van der Waals surface area contributed by atoms with Gasteiger partial charge in [0.1, 0.15) is 0 Å². The molecule has 2 unspecified atom stereocenters. The summed E-state index contributed by atoms with van der Waals surface area (Å²) >= 11 is 0. The number of nitriles is 1. The van der Waals surface area contributed by atoms with Gasteiger partial charge in [0, 0.05) is 25.2 Å². The van der Waals surface area contributed by atoms with Crippen LogP contribution < -0.4 is 24.3 Å². The van der Waals surface area contributed by atoms with Gasteiger partial charge in [-0.05, 0) is 67.6 Å². The minimum absolute atomic E-state index is 0.0634. The number of benzene rings is 2. The van der Waals surface area contributed by atoms with Crippen LogP contribution in [0.2, 0.25) is 0 Å². The van der Waals surface area contributed by atoms with Crippen LogP contribution >= 0.6 is 0 Å². The Labute approximate surface area is 239 Å². The molecule has 40 heavy (non-hydrogen) atoms. The first kappa shape index (κ1) is 32.7.